The van der Waals surface area contributed by atoms with Crippen LogP contribution in [-0.4, -0.2) is 18.5 Å². The van der Waals surface area contributed by atoms with Crippen molar-refractivity contribution >= 4 is 11.6 Å². The molecule has 86 valence electrons. The fourth-order valence-corrected chi connectivity index (χ4v) is 2.04. The number of anilines is 1. The molecule has 1 aliphatic heterocycles. The maximum absolute atomic E-state index is 12.0. The lowest BCUT2D eigenvalue weighted by molar-refractivity contribution is 0.0944. The van der Waals surface area contributed by atoms with Crippen LogP contribution in [0.1, 0.15) is 36.2 Å². The van der Waals surface area contributed by atoms with E-state index in [2.05, 4.69) is 16.7 Å². The minimum absolute atomic E-state index is 0.0150. The Bertz CT molecular complexity index is 399. The van der Waals surface area contributed by atoms with Crippen molar-refractivity contribution in [1.82, 2.24) is 5.32 Å². The molecule has 2 rings (SSSR count). The predicted molar refractivity (Wildman–Crippen MR) is 65.9 cm³/mol. The molecular formula is C13H18N2O. The number of carbonyl (C=O) groups is 1. The van der Waals surface area contributed by atoms with Crippen molar-refractivity contribution in [2.45, 2.75) is 32.7 Å². The van der Waals surface area contributed by atoms with Crippen LogP contribution in [0.15, 0.2) is 18.2 Å². The highest BCUT2D eigenvalue weighted by Crippen LogP contribution is 2.25. The van der Waals surface area contributed by atoms with Crippen molar-refractivity contribution < 1.29 is 4.79 Å². The standard InChI is InChI=1S/C13H18N2O/c1-9(2)15-13(16)11-7-3-5-10-6-4-8-14-12(10)11/h3,5,7,9,14H,4,6,8H2,1-2H3,(H,15,16). The lowest BCUT2D eigenvalue weighted by Crippen LogP contribution is -2.31. The molecule has 0 saturated carbocycles. The van der Waals surface area contributed by atoms with Gasteiger partial charge in [-0.1, -0.05) is 12.1 Å². The fourth-order valence-electron chi connectivity index (χ4n) is 2.04. The highest BCUT2D eigenvalue weighted by Gasteiger charge is 2.17. The molecule has 0 bridgehead atoms. The van der Waals surface area contributed by atoms with Gasteiger partial charge in [0, 0.05) is 12.6 Å². The fraction of sp³-hybridized carbons (Fsp3) is 0.462. The first-order valence-electron chi connectivity index (χ1n) is 5.85. The van der Waals surface area contributed by atoms with Crippen LogP contribution in [0.2, 0.25) is 0 Å². The first-order chi connectivity index (χ1) is 7.68. The van der Waals surface area contributed by atoms with Gasteiger partial charge in [0.2, 0.25) is 0 Å². The van der Waals surface area contributed by atoms with E-state index in [1.165, 1.54) is 5.56 Å². The highest BCUT2D eigenvalue weighted by molar-refractivity contribution is 6.00. The average molecular weight is 218 g/mol. The van der Waals surface area contributed by atoms with Crippen LogP contribution in [0.25, 0.3) is 0 Å². The third kappa shape index (κ3) is 2.18. The molecule has 0 atom stereocenters. The van der Waals surface area contributed by atoms with Crippen molar-refractivity contribution in [2.75, 3.05) is 11.9 Å². The Morgan fingerprint density at radius 2 is 2.25 bits per heavy atom. The molecule has 0 spiro atoms. The molecule has 0 aromatic heterocycles. The number of carbonyl (C=O) groups excluding carboxylic acids is 1. The normalized spacial score (nSPS) is 14.2. The van der Waals surface area contributed by atoms with Crippen LogP contribution in [0.5, 0.6) is 0 Å². The summed E-state index contributed by atoms with van der Waals surface area (Å²) in [5.41, 5.74) is 3.04. The van der Waals surface area contributed by atoms with E-state index in [1.807, 2.05) is 26.0 Å². The van der Waals surface area contributed by atoms with Crippen molar-refractivity contribution in [3.63, 3.8) is 0 Å². The molecule has 1 heterocycles. The molecule has 1 aromatic carbocycles. The summed E-state index contributed by atoms with van der Waals surface area (Å²) in [5.74, 6) is 0.0150. The molecule has 16 heavy (non-hydrogen) atoms. The monoisotopic (exact) mass is 218 g/mol. The van der Waals surface area contributed by atoms with Gasteiger partial charge in [0.15, 0.2) is 0 Å². The summed E-state index contributed by atoms with van der Waals surface area (Å²) in [4.78, 5) is 12.0. The molecule has 1 aliphatic rings. The zero-order valence-corrected chi connectivity index (χ0v) is 9.84. The Morgan fingerprint density at radius 3 is 3.00 bits per heavy atom. The van der Waals surface area contributed by atoms with E-state index < -0.39 is 0 Å². The minimum atomic E-state index is 0.0150. The third-order valence-electron chi connectivity index (χ3n) is 2.74. The SMILES string of the molecule is CC(C)NC(=O)c1cccc2c1NCCC2. The van der Waals surface area contributed by atoms with E-state index in [0.29, 0.717) is 0 Å². The second-order valence-electron chi connectivity index (χ2n) is 4.50. The highest BCUT2D eigenvalue weighted by atomic mass is 16.1. The molecule has 1 amide bonds. The number of benzene rings is 1. The number of aryl methyl sites for hydroxylation is 1. The van der Waals surface area contributed by atoms with Gasteiger partial charge in [0.25, 0.3) is 5.91 Å². The van der Waals surface area contributed by atoms with E-state index in [4.69, 9.17) is 0 Å². The maximum atomic E-state index is 12.0. The zero-order valence-electron chi connectivity index (χ0n) is 9.84. The van der Waals surface area contributed by atoms with Crippen LogP contribution < -0.4 is 10.6 Å². The number of hydrogen-bond acceptors (Lipinski definition) is 2. The molecule has 3 heteroatoms. The van der Waals surface area contributed by atoms with E-state index in [0.717, 1.165) is 30.6 Å². The Morgan fingerprint density at radius 1 is 1.44 bits per heavy atom. The topological polar surface area (TPSA) is 41.1 Å². The summed E-state index contributed by atoms with van der Waals surface area (Å²) in [6, 6.07) is 6.11. The van der Waals surface area contributed by atoms with Gasteiger partial charge in [-0.15, -0.1) is 0 Å². The molecule has 0 saturated heterocycles. The Labute approximate surface area is 96.2 Å². The predicted octanol–water partition coefficient (Wildman–Crippen LogP) is 2.18. The van der Waals surface area contributed by atoms with Gasteiger partial charge in [-0.05, 0) is 38.3 Å². The van der Waals surface area contributed by atoms with Crippen LogP contribution in [-0.2, 0) is 6.42 Å². The van der Waals surface area contributed by atoms with Crippen LogP contribution in [0, 0.1) is 0 Å². The molecular weight excluding hydrogens is 200 g/mol. The summed E-state index contributed by atoms with van der Waals surface area (Å²) >= 11 is 0. The zero-order chi connectivity index (χ0) is 11.5. The van der Waals surface area contributed by atoms with Crippen molar-refractivity contribution in [2.24, 2.45) is 0 Å². The lowest BCUT2D eigenvalue weighted by atomic mass is 9.99. The van der Waals surface area contributed by atoms with Crippen LogP contribution in [0.4, 0.5) is 5.69 Å². The summed E-state index contributed by atoms with van der Waals surface area (Å²) in [7, 11) is 0. The second kappa shape index (κ2) is 4.56. The van der Waals surface area contributed by atoms with Gasteiger partial charge in [0.1, 0.15) is 0 Å². The van der Waals surface area contributed by atoms with Gasteiger partial charge >= 0.3 is 0 Å². The van der Waals surface area contributed by atoms with E-state index in [9.17, 15) is 4.79 Å². The summed E-state index contributed by atoms with van der Waals surface area (Å²) in [6.07, 6.45) is 2.20. The number of amides is 1. The molecule has 0 unspecified atom stereocenters. The van der Waals surface area contributed by atoms with Gasteiger partial charge < -0.3 is 10.6 Å². The van der Waals surface area contributed by atoms with Crippen LogP contribution >= 0.6 is 0 Å². The minimum Gasteiger partial charge on any atom is -0.384 e. The first-order valence-corrected chi connectivity index (χ1v) is 5.85. The Hall–Kier alpha value is -1.51. The van der Waals surface area contributed by atoms with Crippen molar-refractivity contribution in [3.8, 4) is 0 Å². The molecule has 0 radical (unpaired) electrons. The largest absolute Gasteiger partial charge is 0.384 e. The van der Waals surface area contributed by atoms with E-state index >= 15 is 0 Å². The number of nitrogens with one attached hydrogen (secondary N) is 2. The smallest absolute Gasteiger partial charge is 0.253 e. The van der Waals surface area contributed by atoms with Gasteiger partial charge in [-0.3, -0.25) is 4.79 Å². The first kappa shape index (κ1) is 11.0. The quantitative estimate of drug-likeness (QED) is 0.799. The van der Waals surface area contributed by atoms with E-state index in [1.54, 1.807) is 0 Å². The second-order valence-corrected chi connectivity index (χ2v) is 4.50. The molecule has 0 fully saturated rings. The number of para-hydroxylation sites is 1. The van der Waals surface area contributed by atoms with Crippen molar-refractivity contribution in [1.29, 1.82) is 0 Å². The summed E-state index contributed by atoms with van der Waals surface area (Å²) < 4.78 is 0. The van der Waals surface area contributed by atoms with Gasteiger partial charge in [-0.2, -0.15) is 0 Å². The number of rotatable bonds is 2. The third-order valence-corrected chi connectivity index (χ3v) is 2.74. The Balaban J connectivity index is 2.30. The number of fused-ring (bicyclic) bond motifs is 1. The van der Waals surface area contributed by atoms with E-state index in [-0.39, 0.29) is 11.9 Å². The van der Waals surface area contributed by atoms with Gasteiger partial charge in [-0.25, -0.2) is 0 Å². The van der Waals surface area contributed by atoms with Crippen molar-refractivity contribution in [3.05, 3.63) is 29.3 Å². The summed E-state index contributed by atoms with van der Waals surface area (Å²) in [5, 5.41) is 6.25. The molecule has 1 aromatic rings. The lowest BCUT2D eigenvalue weighted by Gasteiger charge is -2.21. The molecule has 2 N–H and O–H groups in total. The van der Waals surface area contributed by atoms with Gasteiger partial charge in [0.05, 0.1) is 11.3 Å². The maximum Gasteiger partial charge on any atom is 0.253 e. The Kier molecular flexibility index (Phi) is 3.13. The number of hydrogen-bond donors (Lipinski definition) is 2. The molecule has 3 nitrogen and oxygen atoms in total. The van der Waals surface area contributed by atoms with Crippen LogP contribution in [0.3, 0.4) is 0 Å². The summed E-state index contributed by atoms with van der Waals surface area (Å²) in [6.45, 7) is 4.90. The average Bonchev–Trinajstić information content (AvgIpc) is 2.27. The molecule has 0 aliphatic carbocycles.